The third kappa shape index (κ3) is 4.02. The summed E-state index contributed by atoms with van der Waals surface area (Å²) in [7, 11) is -3.52. The second-order valence-corrected chi connectivity index (χ2v) is 7.71. The van der Waals surface area contributed by atoms with Crippen molar-refractivity contribution in [3.05, 3.63) is 11.8 Å². The maximum atomic E-state index is 12.7. The van der Waals surface area contributed by atoms with Gasteiger partial charge in [-0.2, -0.15) is 27.4 Å². The molecule has 1 aromatic heterocycles. The number of aromatic amines is 1. The van der Waals surface area contributed by atoms with Crippen molar-refractivity contribution in [1.82, 2.24) is 18.8 Å². The van der Waals surface area contributed by atoms with Crippen molar-refractivity contribution in [2.75, 3.05) is 44.2 Å². The standard InChI is InChI=1S/C14H24N6O2S/c1-4-19(11-12(2)10-15)23(21,22)20-7-5-18(6-8-20)14-9-13(3)16-17-14/h9,12H,4-8,11H2,1-3H3,(H,16,17)/t12-/m0/s1. The summed E-state index contributed by atoms with van der Waals surface area (Å²) in [6.45, 7) is 8.12. The van der Waals surface area contributed by atoms with E-state index in [2.05, 4.69) is 21.2 Å². The van der Waals surface area contributed by atoms with Crippen LogP contribution in [0.2, 0.25) is 0 Å². The summed E-state index contributed by atoms with van der Waals surface area (Å²) in [5.74, 6) is 0.531. The number of hydrogen-bond donors (Lipinski definition) is 1. The van der Waals surface area contributed by atoms with Gasteiger partial charge in [0.15, 0.2) is 5.82 Å². The molecule has 0 bridgehead atoms. The molecule has 8 nitrogen and oxygen atoms in total. The fourth-order valence-electron chi connectivity index (χ4n) is 2.61. The van der Waals surface area contributed by atoms with Crippen LogP contribution in [0.3, 0.4) is 0 Å². The molecule has 1 fully saturated rings. The molecule has 128 valence electrons. The zero-order chi connectivity index (χ0) is 17.0. The largest absolute Gasteiger partial charge is 0.352 e. The van der Waals surface area contributed by atoms with Crippen LogP contribution in [0.5, 0.6) is 0 Å². The van der Waals surface area contributed by atoms with Gasteiger partial charge in [-0.3, -0.25) is 5.10 Å². The molecule has 0 saturated carbocycles. The molecule has 1 aliphatic heterocycles. The summed E-state index contributed by atoms with van der Waals surface area (Å²) in [6.07, 6.45) is 0. The van der Waals surface area contributed by atoms with Crippen molar-refractivity contribution in [3.63, 3.8) is 0 Å². The molecule has 0 amide bonds. The van der Waals surface area contributed by atoms with Gasteiger partial charge < -0.3 is 4.90 Å². The maximum Gasteiger partial charge on any atom is 0.282 e. The Hall–Kier alpha value is -1.63. The van der Waals surface area contributed by atoms with Gasteiger partial charge in [-0.15, -0.1) is 0 Å². The molecule has 1 aliphatic rings. The molecule has 0 aliphatic carbocycles. The molecule has 23 heavy (non-hydrogen) atoms. The van der Waals surface area contributed by atoms with E-state index in [9.17, 15) is 8.42 Å². The summed E-state index contributed by atoms with van der Waals surface area (Å²) in [5.41, 5.74) is 0.984. The van der Waals surface area contributed by atoms with Gasteiger partial charge in [-0.05, 0) is 13.8 Å². The molecule has 0 aromatic carbocycles. The van der Waals surface area contributed by atoms with E-state index in [0.29, 0.717) is 32.7 Å². The smallest absolute Gasteiger partial charge is 0.282 e. The van der Waals surface area contributed by atoms with Crippen molar-refractivity contribution in [2.24, 2.45) is 5.92 Å². The quantitative estimate of drug-likeness (QED) is 0.816. The highest BCUT2D eigenvalue weighted by atomic mass is 32.2. The van der Waals surface area contributed by atoms with Crippen LogP contribution in [-0.2, 0) is 10.2 Å². The van der Waals surface area contributed by atoms with Crippen LogP contribution < -0.4 is 4.90 Å². The van der Waals surface area contributed by atoms with E-state index < -0.39 is 10.2 Å². The fourth-order valence-corrected chi connectivity index (χ4v) is 4.30. The topological polar surface area (TPSA) is 96.3 Å². The van der Waals surface area contributed by atoms with Crippen LogP contribution in [0.15, 0.2) is 6.07 Å². The van der Waals surface area contributed by atoms with Crippen LogP contribution in [0.1, 0.15) is 19.5 Å². The molecule has 0 spiro atoms. The third-order valence-corrected chi connectivity index (χ3v) is 6.04. The van der Waals surface area contributed by atoms with Crippen molar-refractivity contribution < 1.29 is 8.42 Å². The number of aryl methyl sites for hydroxylation is 1. The first-order chi connectivity index (χ1) is 10.9. The molecule has 1 saturated heterocycles. The molecule has 0 unspecified atom stereocenters. The first kappa shape index (κ1) is 17.7. The van der Waals surface area contributed by atoms with E-state index in [1.807, 2.05) is 13.0 Å². The minimum Gasteiger partial charge on any atom is -0.352 e. The molecule has 1 N–H and O–H groups in total. The minimum absolute atomic E-state index is 0.230. The number of piperazine rings is 1. The predicted octanol–water partition coefficient (Wildman–Crippen LogP) is 0.566. The lowest BCUT2D eigenvalue weighted by Crippen LogP contribution is -2.53. The van der Waals surface area contributed by atoms with Crippen LogP contribution in [0.4, 0.5) is 5.82 Å². The lowest BCUT2D eigenvalue weighted by molar-refractivity contribution is 0.319. The Bertz CT molecular complexity index is 657. The SMILES string of the molecule is CCN(C[C@@H](C)C#N)S(=O)(=O)N1CCN(c2cc(C)[nH]n2)CC1. The van der Waals surface area contributed by atoms with Gasteiger partial charge >= 0.3 is 0 Å². The monoisotopic (exact) mass is 340 g/mol. The van der Waals surface area contributed by atoms with Gasteiger partial charge in [-0.1, -0.05) is 6.92 Å². The van der Waals surface area contributed by atoms with Crippen LogP contribution in [0, 0.1) is 24.2 Å². The zero-order valence-electron chi connectivity index (χ0n) is 13.9. The van der Waals surface area contributed by atoms with Crippen molar-refractivity contribution in [3.8, 4) is 6.07 Å². The highest BCUT2D eigenvalue weighted by Crippen LogP contribution is 2.18. The minimum atomic E-state index is -3.52. The maximum absolute atomic E-state index is 12.7. The number of aromatic nitrogens is 2. The van der Waals surface area contributed by atoms with E-state index in [1.165, 1.54) is 8.61 Å². The van der Waals surface area contributed by atoms with E-state index >= 15 is 0 Å². The molecule has 0 radical (unpaired) electrons. The average Bonchev–Trinajstić information content (AvgIpc) is 2.98. The number of nitrogens with zero attached hydrogens (tertiary/aromatic N) is 5. The Labute approximate surface area is 137 Å². The first-order valence-electron chi connectivity index (χ1n) is 7.80. The summed E-state index contributed by atoms with van der Waals surface area (Å²) in [6, 6.07) is 4.05. The number of nitriles is 1. The number of anilines is 1. The van der Waals surface area contributed by atoms with Crippen molar-refractivity contribution in [1.29, 1.82) is 5.26 Å². The molecular weight excluding hydrogens is 316 g/mol. The molecule has 2 rings (SSSR count). The number of hydrogen-bond acceptors (Lipinski definition) is 5. The van der Waals surface area contributed by atoms with Gasteiger partial charge in [0.05, 0.1) is 12.0 Å². The Kier molecular flexibility index (Phi) is 5.62. The summed E-state index contributed by atoms with van der Waals surface area (Å²) in [5, 5.41) is 16.0. The highest BCUT2D eigenvalue weighted by Gasteiger charge is 2.32. The van der Waals surface area contributed by atoms with Gasteiger partial charge in [0.25, 0.3) is 10.2 Å². The summed E-state index contributed by atoms with van der Waals surface area (Å²) < 4.78 is 28.3. The molecule has 1 aromatic rings. The molecule has 2 heterocycles. The fraction of sp³-hybridized carbons (Fsp3) is 0.714. The highest BCUT2D eigenvalue weighted by molar-refractivity contribution is 7.86. The Balaban J connectivity index is 2.01. The lowest BCUT2D eigenvalue weighted by atomic mass is 10.2. The Morgan fingerprint density at radius 2 is 2.09 bits per heavy atom. The Morgan fingerprint density at radius 1 is 1.43 bits per heavy atom. The lowest BCUT2D eigenvalue weighted by Gasteiger charge is -2.36. The van der Waals surface area contributed by atoms with Crippen molar-refractivity contribution in [2.45, 2.75) is 20.8 Å². The van der Waals surface area contributed by atoms with Crippen LogP contribution >= 0.6 is 0 Å². The van der Waals surface area contributed by atoms with Gasteiger partial charge in [-0.25, -0.2) is 0 Å². The molecule has 1 atom stereocenters. The van der Waals surface area contributed by atoms with Crippen LogP contribution in [-0.4, -0.2) is 66.5 Å². The normalized spacial score (nSPS) is 18.1. The number of H-pyrrole nitrogens is 1. The van der Waals surface area contributed by atoms with Gasteiger partial charge in [0.1, 0.15) is 0 Å². The van der Waals surface area contributed by atoms with E-state index in [4.69, 9.17) is 5.26 Å². The van der Waals surface area contributed by atoms with Crippen molar-refractivity contribution >= 4 is 16.0 Å². The van der Waals surface area contributed by atoms with Gasteiger partial charge in [0, 0.05) is 51.0 Å². The second-order valence-electron chi connectivity index (χ2n) is 5.78. The van der Waals surface area contributed by atoms with E-state index in [0.717, 1.165) is 11.5 Å². The molecule has 9 heteroatoms. The average molecular weight is 340 g/mol. The van der Waals surface area contributed by atoms with Gasteiger partial charge in [0.2, 0.25) is 0 Å². The third-order valence-electron chi connectivity index (χ3n) is 3.96. The molecular formula is C14H24N6O2S. The van der Waals surface area contributed by atoms with Crippen LogP contribution in [0.25, 0.3) is 0 Å². The zero-order valence-corrected chi connectivity index (χ0v) is 14.7. The van der Waals surface area contributed by atoms with E-state index in [-0.39, 0.29) is 12.5 Å². The number of nitrogens with one attached hydrogen (secondary N) is 1. The number of rotatable bonds is 6. The summed E-state index contributed by atoms with van der Waals surface area (Å²) >= 11 is 0. The summed E-state index contributed by atoms with van der Waals surface area (Å²) in [4.78, 5) is 2.07. The first-order valence-corrected chi connectivity index (χ1v) is 9.20. The Morgan fingerprint density at radius 3 is 2.57 bits per heavy atom. The second kappa shape index (κ2) is 7.29. The van der Waals surface area contributed by atoms with E-state index in [1.54, 1.807) is 13.8 Å². The predicted molar refractivity (Wildman–Crippen MR) is 88.1 cm³/mol.